The fourth-order valence-corrected chi connectivity index (χ4v) is 2.58. The Labute approximate surface area is 104 Å². The molecule has 2 nitrogen and oxygen atoms in total. The van der Waals surface area contributed by atoms with Crippen LogP contribution < -0.4 is 0 Å². The van der Waals surface area contributed by atoms with Gasteiger partial charge in [-0.05, 0) is 29.9 Å². The van der Waals surface area contributed by atoms with Crippen LogP contribution in [0.1, 0.15) is 18.4 Å². The van der Waals surface area contributed by atoms with Gasteiger partial charge >= 0.3 is 5.97 Å². The minimum Gasteiger partial charge on any atom is -0.468 e. The Morgan fingerprint density at radius 3 is 2.44 bits per heavy atom. The molecule has 0 radical (unpaired) electrons. The zero-order valence-corrected chi connectivity index (χ0v) is 10.1. The van der Waals surface area contributed by atoms with E-state index >= 15 is 0 Å². The summed E-state index contributed by atoms with van der Waals surface area (Å²) in [5, 5.41) is 1.37. The summed E-state index contributed by atoms with van der Waals surface area (Å²) in [5.74, 6) is -0.478. The normalized spacial score (nSPS) is 16.6. The van der Waals surface area contributed by atoms with E-state index in [-0.39, 0.29) is 11.8 Å². The van der Waals surface area contributed by atoms with Crippen molar-refractivity contribution in [1.29, 1.82) is 0 Å². The molecule has 0 heterocycles. The van der Waals surface area contributed by atoms with E-state index < -0.39 is 5.41 Å². The molecule has 0 saturated heterocycles. The maximum Gasteiger partial charge on any atom is 0.316 e. The van der Waals surface area contributed by atoms with Crippen molar-refractivity contribution in [2.75, 3.05) is 7.11 Å². The lowest BCUT2D eigenvalue weighted by Crippen LogP contribution is -2.22. The number of benzene rings is 2. The summed E-state index contributed by atoms with van der Waals surface area (Å²) < 4.78 is 18.6. The molecule has 1 fully saturated rings. The van der Waals surface area contributed by atoms with Gasteiger partial charge in [0, 0.05) is 5.39 Å². The van der Waals surface area contributed by atoms with Gasteiger partial charge in [0.2, 0.25) is 0 Å². The number of esters is 1. The molecule has 18 heavy (non-hydrogen) atoms. The lowest BCUT2D eigenvalue weighted by molar-refractivity contribution is -0.143. The molecule has 0 spiro atoms. The van der Waals surface area contributed by atoms with Crippen LogP contribution in [-0.2, 0) is 14.9 Å². The smallest absolute Gasteiger partial charge is 0.316 e. The molecule has 2 aromatic carbocycles. The van der Waals surface area contributed by atoms with E-state index in [1.807, 2.05) is 12.1 Å². The number of hydrogen-bond acceptors (Lipinski definition) is 2. The Balaban J connectivity index is 2.25. The fourth-order valence-electron chi connectivity index (χ4n) is 2.58. The zero-order valence-electron chi connectivity index (χ0n) is 10.1. The summed E-state index contributed by atoms with van der Waals surface area (Å²) in [6.45, 7) is 0. The van der Waals surface area contributed by atoms with Crippen LogP contribution in [0.5, 0.6) is 0 Å². The van der Waals surface area contributed by atoms with Crippen molar-refractivity contribution in [3.8, 4) is 0 Å². The highest BCUT2D eigenvalue weighted by Crippen LogP contribution is 2.51. The van der Waals surface area contributed by atoms with Gasteiger partial charge in [0.1, 0.15) is 5.82 Å². The Morgan fingerprint density at radius 2 is 1.83 bits per heavy atom. The van der Waals surface area contributed by atoms with Gasteiger partial charge in [0.15, 0.2) is 0 Å². The van der Waals surface area contributed by atoms with Crippen molar-refractivity contribution < 1.29 is 13.9 Å². The summed E-state index contributed by atoms with van der Waals surface area (Å²) in [7, 11) is 1.40. The van der Waals surface area contributed by atoms with Gasteiger partial charge in [0.25, 0.3) is 0 Å². The Morgan fingerprint density at radius 1 is 1.17 bits per heavy atom. The van der Waals surface area contributed by atoms with Gasteiger partial charge in [-0.15, -0.1) is 0 Å². The van der Waals surface area contributed by atoms with E-state index in [1.165, 1.54) is 13.2 Å². The molecule has 0 N–H and O–H groups in total. The molecule has 1 saturated carbocycles. The second kappa shape index (κ2) is 3.80. The molecule has 0 bridgehead atoms. The first-order chi connectivity index (χ1) is 8.69. The topological polar surface area (TPSA) is 26.3 Å². The van der Waals surface area contributed by atoms with Gasteiger partial charge in [-0.3, -0.25) is 4.79 Å². The van der Waals surface area contributed by atoms with Gasteiger partial charge in [0.05, 0.1) is 12.5 Å². The lowest BCUT2D eigenvalue weighted by Gasteiger charge is -2.16. The van der Waals surface area contributed by atoms with E-state index in [2.05, 4.69) is 0 Å². The van der Waals surface area contributed by atoms with E-state index in [9.17, 15) is 9.18 Å². The third-order valence-corrected chi connectivity index (χ3v) is 3.71. The second-order valence-corrected chi connectivity index (χ2v) is 4.71. The van der Waals surface area contributed by atoms with E-state index in [4.69, 9.17) is 4.74 Å². The third-order valence-electron chi connectivity index (χ3n) is 3.71. The minimum atomic E-state index is -0.554. The van der Waals surface area contributed by atoms with E-state index in [0.717, 1.165) is 23.8 Å². The number of rotatable bonds is 2. The number of ether oxygens (including phenoxy) is 1. The van der Waals surface area contributed by atoms with E-state index in [0.29, 0.717) is 5.39 Å². The predicted octanol–water partition coefficient (Wildman–Crippen LogP) is 3.18. The molecule has 3 heteroatoms. The van der Waals surface area contributed by atoms with Crippen LogP contribution in [0.15, 0.2) is 36.4 Å². The van der Waals surface area contributed by atoms with Crippen molar-refractivity contribution in [2.24, 2.45) is 0 Å². The molecule has 0 atom stereocenters. The number of carbonyl (C=O) groups is 1. The van der Waals surface area contributed by atoms with Crippen molar-refractivity contribution >= 4 is 16.7 Å². The van der Waals surface area contributed by atoms with Crippen molar-refractivity contribution in [3.05, 3.63) is 47.8 Å². The Kier molecular flexibility index (Phi) is 2.37. The highest BCUT2D eigenvalue weighted by Gasteiger charge is 2.53. The zero-order chi connectivity index (χ0) is 12.8. The summed E-state index contributed by atoms with van der Waals surface area (Å²) in [5.41, 5.74) is 0.327. The molecule has 0 amide bonds. The number of fused-ring (bicyclic) bond motifs is 1. The third kappa shape index (κ3) is 1.43. The van der Waals surface area contributed by atoms with Crippen LogP contribution in [-0.4, -0.2) is 13.1 Å². The average Bonchev–Trinajstić information content (AvgIpc) is 3.20. The first kappa shape index (κ1) is 11.2. The number of halogens is 1. The molecular weight excluding hydrogens is 231 g/mol. The number of carbonyl (C=O) groups excluding carboxylic acids is 1. The van der Waals surface area contributed by atoms with Crippen molar-refractivity contribution in [1.82, 2.24) is 0 Å². The van der Waals surface area contributed by atoms with Crippen LogP contribution >= 0.6 is 0 Å². The van der Waals surface area contributed by atoms with Gasteiger partial charge in [-0.1, -0.05) is 30.3 Å². The van der Waals surface area contributed by atoms with Gasteiger partial charge in [-0.25, -0.2) is 4.39 Å². The fraction of sp³-hybridized carbons (Fsp3) is 0.267. The predicted molar refractivity (Wildman–Crippen MR) is 66.8 cm³/mol. The van der Waals surface area contributed by atoms with Crippen LogP contribution in [0.25, 0.3) is 10.8 Å². The number of methoxy groups -OCH3 is 1. The second-order valence-electron chi connectivity index (χ2n) is 4.71. The molecule has 2 aromatic rings. The summed E-state index contributed by atoms with van der Waals surface area (Å²) in [6, 6.07) is 10.4. The average molecular weight is 244 g/mol. The quantitative estimate of drug-likeness (QED) is 0.758. The first-order valence-electron chi connectivity index (χ1n) is 5.95. The van der Waals surface area contributed by atoms with Crippen molar-refractivity contribution in [2.45, 2.75) is 18.3 Å². The molecule has 1 aliphatic rings. The standard InChI is InChI=1S/C15H13FO2/c1-18-14(17)15(8-9-15)12-6-7-13(16)11-5-3-2-4-10(11)12/h2-7H,8-9H2,1H3. The molecule has 0 unspecified atom stereocenters. The van der Waals surface area contributed by atoms with Crippen LogP contribution in [0.2, 0.25) is 0 Å². The van der Waals surface area contributed by atoms with Gasteiger partial charge in [-0.2, -0.15) is 0 Å². The highest BCUT2D eigenvalue weighted by molar-refractivity contribution is 5.95. The molecule has 92 valence electrons. The molecule has 0 aliphatic heterocycles. The highest BCUT2D eigenvalue weighted by atomic mass is 19.1. The van der Waals surface area contributed by atoms with Crippen LogP contribution in [0, 0.1) is 5.82 Å². The summed E-state index contributed by atoms with van der Waals surface area (Å²) >= 11 is 0. The Bertz CT molecular complexity index is 629. The first-order valence-corrected chi connectivity index (χ1v) is 5.95. The summed E-state index contributed by atoms with van der Waals surface area (Å²) in [4.78, 5) is 11.9. The maximum absolute atomic E-state index is 13.7. The molecule has 3 rings (SSSR count). The maximum atomic E-state index is 13.7. The monoisotopic (exact) mass is 244 g/mol. The molecule has 0 aromatic heterocycles. The Hall–Kier alpha value is -1.90. The largest absolute Gasteiger partial charge is 0.468 e. The molecular formula is C15H13FO2. The van der Waals surface area contributed by atoms with Crippen LogP contribution in [0.3, 0.4) is 0 Å². The van der Waals surface area contributed by atoms with Crippen LogP contribution in [0.4, 0.5) is 4.39 Å². The summed E-state index contributed by atoms with van der Waals surface area (Å²) in [6.07, 6.45) is 1.55. The van der Waals surface area contributed by atoms with E-state index in [1.54, 1.807) is 18.2 Å². The minimum absolute atomic E-state index is 0.223. The molecule has 1 aliphatic carbocycles. The lowest BCUT2D eigenvalue weighted by atomic mass is 9.90. The van der Waals surface area contributed by atoms with Gasteiger partial charge < -0.3 is 4.74 Å². The van der Waals surface area contributed by atoms with Crippen molar-refractivity contribution in [3.63, 3.8) is 0 Å². The SMILES string of the molecule is COC(=O)C1(c2ccc(F)c3ccccc23)CC1. The number of hydrogen-bond donors (Lipinski definition) is 0.